The fraction of sp³-hybridized carbons (Fsp3) is 0.500. The van der Waals surface area contributed by atoms with Gasteiger partial charge < -0.3 is 0 Å². The average molecular weight is 302 g/mol. The lowest BCUT2D eigenvalue weighted by Gasteiger charge is -2.02. The summed E-state index contributed by atoms with van der Waals surface area (Å²) >= 11 is 9.38. The SMILES string of the molecule is CCCC/N=C1/CCc2nc(Cl)c(Br)cc21. The highest BCUT2D eigenvalue weighted by atomic mass is 79.9. The van der Waals surface area contributed by atoms with Gasteiger partial charge in [-0.3, -0.25) is 4.99 Å². The predicted octanol–water partition coefficient (Wildman–Crippen LogP) is 4.03. The lowest BCUT2D eigenvalue weighted by atomic mass is 10.2. The minimum atomic E-state index is 0.550. The minimum Gasteiger partial charge on any atom is -0.289 e. The van der Waals surface area contributed by atoms with Crippen molar-refractivity contribution >= 4 is 33.2 Å². The number of aromatic nitrogens is 1. The van der Waals surface area contributed by atoms with E-state index in [1.165, 1.54) is 17.7 Å². The summed E-state index contributed by atoms with van der Waals surface area (Å²) in [5.74, 6) is 0. The normalized spacial score (nSPS) is 16.8. The van der Waals surface area contributed by atoms with Crippen LogP contribution in [0.1, 0.15) is 37.4 Å². The molecular formula is C12H14BrClN2. The summed E-state index contributed by atoms with van der Waals surface area (Å²) in [5, 5.41) is 0.550. The molecule has 0 saturated heterocycles. The fourth-order valence-electron chi connectivity index (χ4n) is 1.85. The van der Waals surface area contributed by atoms with Crippen LogP contribution in [0.5, 0.6) is 0 Å². The van der Waals surface area contributed by atoms with Gasteiger partial charge in [-0.15, -0.1) is 0 Å². The van der Waals surface area contributed by atoms with Gasteiger partial charge in [0.2, 0.25) is 0 Å². The van der Waals surface area contributed by atoms with Gasteiger partial charge in [0.1, 0.15) is 5.15 Å². The van der Waals surface area contributed by atoms with E-state index in [2.05, 4.69) is 32.8 Å². The predicted molar refractivity (Wildman–Crippen MR) is 71.6 cm³/mol. The summed E-state index contributed by atoms with van der Waals surface area (Å²) in [4.78, 5) is 9.01. The van der Waals surface area contributed by atoms with Crippen molar-refractivity contribution in [2.24, 2.45) is 4.99 Å². The first-order valence-electron chi connectivity index (χ1n) is 5.61. The standard InChI is InChI=1S/C12H14BrClN2/c1-2-3-6-15-10-4-5-11-8(10)7-9(13)12(14)16-11/h7H,2-6H2,1H3/b15-10-. The van der Waals surface area contributed by atoms with Crippen LogP contribution in [-0.2, 0) is 6.42 Å². The molecule has 0 spiro atoms. The van der Waals surface area contributed by atoms with Crippen molar-refractivity contribution < 1.29 is 0 Å². The largest absolute Gasteiger partial charge is 0.289 e. The average Bonchev–Trinajstić information content (AvgIpc) is 2.63. The number of unbranched alkanes of at least 4 members (excludes halogenated alkanes) is 1. The Labute approximate surface area is 109 Å². The molecule has 4 heteroatoms. The van der Waals surface area contributed by atoms with Crippen LogP contribution in [0.2, 0.25) is 5.15 Å². The lowest BCUT2D eigenvalue weighted by molar-refractivity contribution is 0.806. The molecule has 0 aliphatic heterocycles. The Morgan fingerprint density at radius 2 is 2.31 bits per heavy atom. The zero-order valence-corrected chi connectivity index (χ0v) is 11.6. The summed E-state index contributed by atoms with van der Waals surface area (Å²) in [7, 11) is 0. The first-order valence-corrected chi connectivity index (χ1v) is 6.78. The summed E-state index contributed by atoms with van der Waals surface area (Å²) in [6.07, 6.45) is 4.30. The molecule has 1 heterocycles. The van der Waals surface area contributed by atoms with Crippen molar-refractivity contribution in [1.29, 1.82) is 0 Å². The number of hydrogen-bond donors (Lipinski definition) is 0. The molecule has 0 N–H and O–H groups in total. The highest BCUT2D eigenvalue weighted by Gasteiger charge is 2.20. The van der Waals surface area contributed by atoms with Crippen LogP contribution in [-0.4, -0.2) is 17.2 Å². The van der Waals surface area contributed by atoms with Gasteiger partial charge in [0, 0.05) is 17.8 Å². The number of rotatable bonds is 3. The molecule has 2 nitrogen and oxygen atoms in total. The quantitative estimate of drug-likeness (QED) is 0.611. The van der Waals surface area contributed by atoms with E-state index in [0.717, 1.165) is 36.0 Å². The van der Waals surface area contributed by atoms with Gasteiger partial charge in [-0.05, 0) is 41.3 Å². The topological polar surface area (TPSA) is 25.2 Å². The maximum Gasteiger partial charge on any atom is 0.143 e. The number of aryl methyl sites for hydroxylation is 1. The number of hydrogen-bond acceptors (Lipinski definition) is 2. The molecule has 0 unspecified atom stereocenters. The molecule has 0 atom stereocenters. The molecule has 16 heavy (non-hydrogen) atoms. The Hall–Kier alpha value is -0.410. The molecule has 0 bridgehead atoms. The fourth-order valence-corrected chi connectivity index (χ4v) is 2.32. The van der Waals surface area contributed by atoms with Crippen molar-refractivity contribution in [3.05, 3.63) is 26.9 Å². The molecule has 1 aliphatic rings. The highest BCUT2D eigenvalue weighted by Crippen LogP contribution is 2.28. The van der Waals surface area contributed by atoms with Gasteiger partial charge in [0.05, 0.1) is 10.2 Å². The van der Waals surface area contributed by atoms with Crippen LogP contribution in [0.4, 0.5) is 0 Å². The van der Waals surface area contributed by atoms with E-state index in [0.29, 0.717) is 5.15 Å². The molecule has 0 radical (unpaired) electrons. The molecule has 86 valence electrons. The molecule has 0 fully saturated rings. The summed E-state index contributed by atoms with van der Waals surface area (Å²) in [6, 6.07) is 2.04. The van der Waals surface area contributed by atoms with Crippen LogP contribution in [0.15, 0.2) is 15.5 Å². The number of fused-ring (bicyclic) bond motifs is 1. The summed E-state index contributed by atoms with van der Waals surface area (Å²) < 4.78 is 0.859. The molecule has 0 saturated carbocycles. The Balaban J connectivity index is 2.25. The van der Waals surface area contributed by atoms with Crippen LogP contribution in [0, 0.1) is 0 Å². The van der Waals surface area contributed by atoms with Crippen molar-refractivity contribution in [3.8, 4) is 0 Å². The molecule has 0 amide bonds. The second kappa shape index (κ2) is 5.28. The van der Waals surface area contributed by atoms with Gasteiger partial charge in [-0.25, -0.2) is 4.98 Å². The van der Waals surface area contributed by atoms with E-state index < -0.39 is 0 Å². The molecule has 2 rings (SSSR count). The number of aliphatic imine (C=N–C) groups is 1. The Bertz CT molecular complexity index is 429. The second-order valence-corrected chi connectivity index (χ2v) is 5.15. The van der Waals surface area contributed by atoms with E-state index >= 15 is 0 Å². The zero-order chi connectivity index (χ0) is 11.5. The van der Waals surface area contributed by atoms with E-state index in [1.807, 2.05) is 6.07 Å². The van der Waals surface area contributed by atoms with Gasteiger partial charge >= 0.3 is 0 Å². The van der Waals surface area contributed by atoms with E-state index in [4.69, 9.17) is 11.6 Å². The first-order chi connectivity index (χ1) is 7.72. The van der Waals surface area contributed by atoms with Crippen molar-refractivity contribution in [2.75, 3.05) is 6.54 Å². The Kier molecular flexibility index (Phi) is 3.98. The maximum absolute atomic E-state index is 5.97. The monoisotopic (exact) mass is 300 g/mol. The number of halogens is 2. The second-order valence-electron chi connectivity index (χ2n) is 3.94. The van der Waals surface area contributed by atoms with Crippen LogP contribution in [0.3, 0.4) is 0 Å². The van der Waals surface area contributed by atoms with E-state index in [1.54, 1.807) is 0 Å². The van der Waals surface area contributed by atoms with E-state index in [9.17, 15) is 0 Å². The Morgan fingerprint density at radius 1 is 1.50 bits per heavy atom. The number of pyridine rings is 1. The molecule has 1 aliphatic carbocycles. The van der Waals surface area contributed by atoms with Crippen molar-refractivity contribution in [2.45, 2.75) is 32.6 Å². The van der Waals surface area contributed by atoms with Gasteiger partial charge in [-0.1, -0.05) is 24.9 Å². The van der Waals surface area contributed by atoms with Crippen molar-refractivity contribution in [1.82, 2.24) is 4.98 Å². The third-order valence-corrected chi connectivity index (χ3v) is 3.86. The van der Waals surface area contributed by atoms with Gasteiger partial charge in [0.25, 0.3) is 0 Å². The van der Waals surface area contributed by atoms with E-state index in [-0.39, 0.29) is 0 Å². The highest BCUT2D eigenvalue weighted by molar-refractivity contribution is 9.10. The zero-order valence-electron chi connectivity index (χ0n) is 9.26. The van der Waals surface area contributed by atoms with Gasteiger partial charge in [-0.2, -0.15) is 0 Å². The summed E-state index contributed by atoms with van der Waals surface area (Å²) in [6.45, 7) is 3.10. The first kappa shape index (κ1) is 12.1. The molecule has 0 aromatic carbocycles. The lowest BCUT2D eigenvalue weighted by Crippen LogP contribution is -1.98. The molecular weight excluding hydrogens is 288 g/mol. The van der Waals surface area contributed by atoms with Crippen LogP contribution >= 0.6 is 27.5 Å². The Morgan fingerprint density at radius 3 is 3.06 bits per heavy atom. The third-order valence-electron chi connectivity index (χ3n) is 2.74. The van der Waals surface area contributed by atoms with Crippen LogP contribution in [0.25, 0.3) is 0 Å². The number of nitrogens with zero attached hydrogens (tertiary/aromatic N) is 2. The van der Waals surface area contributed by atoms with Crippen molar-refractivity contribution in [3.63, 3.8) is 0 Å². The molecule has 1 aromatic rings. The third kappa shape index (κ3) is 2.46. The maximum atomic E-state index is 5.97. The summed E-state index contributed by atoms with van der Waals surface area (Å²) in [5.41, 5.74) is 3.45. The molecule has 1 aromatic heterocycles. The minimum absolute atomic E-state index is 0.550. The smallest absolute Gasteiger partial charge is 0.143 e. The van der Waals surface area contributed by atoms with Gasteiger partial charge in [0.15, 0.2) is 0 Å². The van der Waals surface area contributed by atoms with Crippen LogP contribution < -0.4 is 0 Å².